The van der Waals surface area contributed by atoms with E-state index in [1.165, 1.54) is 16.5 Å². The van der Waals surface area contributed by atoms with Gasteiger partial charge in [-0.3, -0.25) is 0 Å². The van der Waals surface area contributed by atoms with Crippen LogP contribution in [0.25, 0.3) is 32.7 Å². The number of hydrogen-bond donors (Lipinski definition) is 2. The van der Waals surface area contributed by atoms with Crippen LogP contribution in [0.4, 0.5) is 5.69 Å². The Morgan fingerprint density at radius 2 is 1.68 bits per heavy atom. The van der Waals surface area contributed by atoms with Crippen LogP contribution in [0.3, 0.4) is 0 Å². The van der Waals surface area contributed by atoms with E-state index in [1.807, 2.05) is 24.3 Å². The molecule has 2 N–H and O–H groups in total. The first-order chi connectivity index (χ1) is 13.8. The summed E-state index contributed by atoms with van der Waals surface area (Å²) in [6.07, 6.45) is 3.05. The van der Waals surface area contributed by atoms with Crippen molar-refractivity contribution < 1.29 is 4.74 Å². The van der Waals surface area contributed by atoms with Crippen molar-refractivity contribution >= 4 is 38.4 Å². The molecular weight excluding hydrogens is 346 g/mol. The maximum atomic E-state index is 5.55. The standard InChI is InChI=1S/C24H21N3O/c1-28-22-12-6-9-19-23(18-8-3-5-11-21(18)27-24(19)22)25-14-13-16-15-26-20-10-4-2-7-17(16)20/h2-12,15,26H,13-14H2,1H3,(H,25,27). The molecular formula is C24H21N3O. The maximum Gasteiger partial charge on any atom is 0.145 e. The molecule has 0 saturated heterocycles. The lowest BCUT2D eigenvalue weighted by molar-refractivity contribution is 0.419. The van der Waals surface area contributed by atoms with Gasteiger partial charge >= 0.3 is 0 Å². The van der Waals surface area contributed by atoms with Crippen LogP contribution in [0.1, 0.15) is 5.56 Å². The summed E-state index contributed by atoms with van der Waals surface area (Å²) in [6.45, 7) is 0.835. The zero-order valence-electron chi connectivity index (χ0n) is 15.7. The van der Waals surface area contributed by atoms with Gasteiger partial charge in [-0.15, -0.1) is 0 Å². The number of fused-ring (bicyclic) bond motifs is 3. The summed E-state index contributed by atoms with van der Waals surface area (Å²) in [4.78, 5) is 8.19. The van der Waals surface area contributed by atoms with E-state index in [0.29, 0.717) is 0 Å². The topological polar surface area (TPSA) is 49.9 Å². The predicted octanol–water partition coefficient (Wildman–Crippen LogP) is 5.53. The van der Waals surface area contributed by atoms with Gasteiger partial charge in [0.25, 0.3) is 0 Å². The Bertz CT molecular complexity index is 1290. The number of methoxy groups -OCH3 is 1. The van der Waals surface area contributed by atoms with Gasteiger partial charge in [-0.05, 0) is 30.2 Å². The molecule has 0 atom stereocenters. The van der Waals surface area contributed by atoms with Crippen molar-refractivity contribution in [2.45, 2.75) is 6.42 Å². The molecule has 5 rings (SSSR count). The van der Waals surface area contributed by atoms with Crippen LogP contribution in [0.15, 0.2) is 72.9 Å². The average molecular weight is 367 g/mol. The van der Waals surface area contributed by atoms with Crippen molar-refractivity contribution in [2.75, 3.05) is 19.0 Å². The van der Waals surface area contributed by atoms with Crippen molar-refractivity contribution in [3.8, 4) is 5.75 Å². The number of benzene rings is 3. The molecule has 0 aliphatic carbocycles. The van der Waals surface area contributed by atoms with E-state index in [9.17, 15) is 0 Å². The second kappa shape index (κ2) is 6.89. The van der Waals surface area contributed by atoms with E-state index in [0.717, 1.165) is 46.2 Å². The molecule has 0 radical (unpaired) electrons. The van der Waals surface area contributed by atoms with Crippen LogP contribution < -0.4 is 10.1 Å². The average Bonchev–Trinajstić information content (AvgIpc) is 3.16. The number of aromatic amines is 1. The quantitative estimate of drug-likeness (QED) is 0.401. The Morgan fingerprint density at radius 3 is 2.57 bits per heavy atom. The molecule has 3 aromatic carbocycles. The Labute approximate surface area is 163 Å². The number of para-hydroxylation sites is 3. The van der Waals surface area contributed by atoms with E-state index >= 15 is 0 Å². The van der Waals surface area contributed by atoms with Gasteiger partial charge in [0.1, 0.15) is 11.3 Å². The van der Waals surface area contributed by atoms with E-state index in [4.69, 9.17) is 9.72 Å². The van der Waals surface area contributed by atoms with Crippen molar-refractivity contribution in [3.63, 3.8) is 0 Å². The highest BCUT2D eigenvalue weighted by atomic mass is 16.5. The molecule has 0 unspecified atom stereocenters. The molecule has 0 aliphatic heterocycles. The Morgan fingerprint density at radius 1 is 0.893 bits per heavy atom. The minimum atomic E-state index is 0.794. The monoisotopic (exact) mass is 367 g/mol. The van der Waals surface area contributed by atoms with E-state index in [1.54, 1.807) is 7.11 Å². The third-order valence-corrected chi connectivity index (χ3v) is 5.26. The minimum absolute atomic E-state index is 0.794. The maximum absolute atomic E-state index is 5.55. The number of hydrogen-bond acceptors (Lipinski definition) is 3. The molecule has 4 heteroatoms. The molecule has 138 valence electrons. The highest BCUT2D eigenvalue weighted by Gasteiger charge is 2.12. The van der Waals surface area contributed by atoms with Crippen LogP contribution >= 0.6 is 0 Å². The number of anilines is 1. The number of nitrogens with one attached hydrogen (secondary N) is 2. The van der Waals surface area contributed by atoms with E-state index in [2.05, 4.69) is 59.0 Å². The van der Waals surface area contributed by atoms with Crippen molar-refractivity contribution in [3.05, 3.63) is 78.5 Å². The molecule has 28 heavy (non-hydrogen) atoms. The molecule has 5 aromatic rings. The lowest BCUT2D eigenvalue weighted by Crippen LogP contribution is -2.06. The lowest BCUT2D eigenvalue weighted by Gasteiger charge is -2.14. The second-order valence-electron chi connectivity index (χ2n) is 6.90. The number of H-pyrrole nitrogens is 1. The number of aromatic nitrogens is 2. The van der Waals surface area contributed by atoms with Crippen molar-refractivity contribution in [1.29, 1.82) is 0 Å². The number of nitrogens with zero attached hydrogens (tertiary/aromatic N) is 1. The molecule has 0 bridgehead atoms. The highest BCUT2D eigenvalue weighted by Crippen LogP contribution is 2.34. The van der Waals surface area contributed by atoms with Gasteiger partial charge in [0.05, 0.1) is 18.3 Å². The van der Waals surface area contributed by atoms with Crippen molar-refractivity contribution in [2.24, 2.45) is 0 Å². The normalized spacial score (nSPS) is 11.3. The Kier molecular flexibility index (Phi) is 4.09. The zero-order valence-corrected chi connectivity index (χ0v) is 15.7. The van der Waals surface area contributed by atoms with Crippen LogP contribution in [0.2, 0.25) is 0 Å². The molecule has 0 aliphatic rings. The molecule has 2 aromatic heterocycles. The SMILES string of the molecule is COc1cccc2c(NCCc3c[nH]c4ccccc34)c3ccccc3nc12. The fourth-order valence-electron chi connectivity index (χ4n) is 3.90. The van der Waals surface area contributed by atoms with Gasteiger partial charge in [0.15, 0.2) is 0 Å². The smallest absolute Gasteiger partial charge is 0.145 e. The van der Waals surface area contributed by atoms with Gasteiger partial charge in [-0.2, -0.15) is 0 Å². The summed E-state index contributed by atoms with van der Waals surface area (Å²) >= 11 is 0. The van der Waals surface area contributed by atoms with Crippen LogP contribution in [-0.4, -0.2) is 23.6 Å². The Balaban J connectivity index is 1.53. The number of ether oxygens (including phenoxy) is 1. The first kappa shape index (κ1) is 16.6. The highest BCUT2D eigenvalue weighted by molar-refractivity contribution is 6.09. The van der Waals surface area contributed by atoms with E-state index in [-0.39, 0.29) is 0 Å². The molecule has 4 nitrogen and oxygen atoms in total. The summed E-state index contributed by atoms with van der Waals surface area (Å²) in [5, 5.41) is 7.17. The fraction of sp³-hybridized carbons (Fsp3) is 0.125. The summed E-state index contributed by atoms with van der Waals surface area (Å²) < 4.78 is 5.55. The number of rotatable bonds is 5. The van der Waals surface area contributed by atoms with Gasteiger partial charge in [-0.25, -0.2) is 4.98 Å². The lowest BCUT2D eigenvalue weighted by atomic mass is 10.1. The zero-order chi connectivity index (χ0) is 18.9. The second-order valence-corrected chi connectivity index (χ2v) is 6.90. The van der Waals surface area contributed by atoms with Crippen LogP contribution in [0, 0.1) is 0 Å². The fourth-order valence-corrected chi connectivity index (χ4v) is 3.90. The van der Waals surface area contributed by atoms with E-state index < -0.39 is 0 Å². The molecule has 0 fully saturated rings. The Hall–Kier alpha value is -3.53. The third kappa shape index (κ3) is 2.74. The van der Waals surface area contributed by atoms with Crippen molar-refractivity contribution in [1.82, 2.24) is 9.97 Å². The largest absolute Gasteiger partial charge is 0.494 e. The van der Waals surface area contributed by atoms with Crippen LogP contribution in [-0.2, 0) is 6.42 Å². The summed E-state index contributed by atoms with van der Waals surface area (Å²) in [6, 6.07) is 22.8. The molecule has 0 saturated carbocycles. The summed E-state index contributed by atoms with van der Waals surface area (Å²) in [7, 11) is 1.69. The van der Waals surface area contributed by atoms with Gasteiger partial charge in [0.2, 0.25) is 0 Å². The first-order valence-electron chi connectivity index (χ1n) is 9.49. The third-order valence-electron chi connectivity index (χ3n) is 5.26. The van der Waals surface area contributed by atoms with Gasteiger partial charge < -0.3 is 15.0 Å². The van der Waals surface area contributed by atoms with Gasteiger partial charge in [0, 0.05) is 34.4 Å². The first-order valence-corrected chi connectivity index (χ1v) is 9.49. The number of pyridine rings is 1. The molecule has 2 heterocycles. The minimum Gasteiger partial charge on any atom is -0.494 e. The van der Waals surface area contributed by atoms with Crippen LogP contribution in [0.5, 0.6) is 5.75 Å². The summed E-state index contributed by atoms with van der Waals surface area (Å²) in [5.74, 6) is 0.794. The molecule has 0 spiro atoms. The van der Waals surface area contributed by atoms with Gasteiger partial charge in [-0.1, -0.05) is 48.5 Å². The summed E-state index contributed by atoms with van der Waals surface area (Å²) in [5.41, 5.74) is 5.47. The predicted molar refractivity (Wildman–Crippen MR) is 116 cm³/mol. The molecule has 0 amide bonds.